The zero-order valence-corrected chi connectivity index (χ0v) is 13.4. The Balaban J connectivity index is 2.10. The molecule has 1 N–H and O–H groups in total. The first kappa shape index (κ1) is 15.5. The minimum atomic E-state index is -0.0964. The zero-order valence-electron chi connectivity index (χ0n) is 12.6. The van der Waals surface area contributed by atoms with Crippen LogP contribution in [-0.2, 0) is 0 Å². The van der Waals surface area contributed by atoms with Crippen LogP contribution in [0.5, 0.6) is 0 Å². The van der Waals surface area contributed by atoms with Gasteiger partial charge in [-0.2, -0.15) is 0 Å². The van der Waals surface area contributed by atoms with Gasteiger partial charge >= 0.3 is 0 Å². The molecule has 1 amide bonds. The molecule has 2 aromatic rings. The highest BCUT2D eigenvalue weighted by Gasteiger charge is 2.18. The number of aromatic nitrogens is 3. The molecule has 6 nitrogen and oxygen atoms in total. The number of aryl methyl sites for hydroxylation is 1. The quantitative estimate of drug-likeness (QED) is 0.908. The molecule has 0 fully saturated rings. The maximum Gasteiger partial charge on any atom is 0.263 e. The number of hydrogen-bond donors (Lipinski definition) is 1. The van der Waals surface area contributed by atoms with E-state index in [2.05, 4.69) is 32.1 Å². The van der Waals surface area contributed by atoms with E-state index in [4.69, 9.17) is 0 Å². The maximum absolute atomic E-state index is 12.2. The second-order valence-electron chi connectivity index (χ2n) is 5.03. The van der Waals surface area contributed by atoms with Crippen LogP contribution in [0.2, 0.25) is 0 Å². The van der Waals surface area contributed by atoms with E-state index >= 15 is 0 Å². The first-order chi connectivity index (χ1) is 9.99. The molecule has 2 aromatic heterocycles. The molecule has 0 aliphatic heterocycles. The number of amides is 1. The van der Waals surface area contributed by atoms with Gasteiger partial charge in [-0.3, -0.25) is 4.79 Å². The molecule has 1 atom stereocenters. The van der Waals surface area contributed by atoms with Crippen LogP contribution in [0.1, 0.15) is 22.3 Å². The average Bonchev–Trinajstić information content (AvgIpc) is 2.87. The van der Waals surface area contributed by atoms with E-state index in [-0.39, 0.29) is 11.9 Å². The standard InChI is InChI=1S/C14H19N5OS/c1-9(19(3)4)8-17-13(20)11-10(2)18-14(21-11)12-15-6-5-7-16-12/h5-7,9H,8H2,1-4H3,(H,17,20). The Morgan fingerprint density at radius 2 is 2.05 bits per heavy atom. The summed E-state index contributed by atoms with van der Waals surface area (Å²) in [7, 11) is 3.97. The minimum absolute atomic E-state index is 0.0964. The Bertz CT molecular complexity index is 611. The molecule has 0 aromatic carbocycles. The summed E-state index contributed by atoms with van der Waals surface area (Å²) in [6, 6.07) is 2.03. The highest BCUT2D eigenvalue weighted by Crippen LogP contribution is 2.24. The number of carbonyl (C=O) groups is 1. The van der Waals surface area contributed by atoms with Crippen LogP contribution in [0.4, 0.5) is 0 Å². The fraction of sp³-hybridized carbons (Fsp3) is 0.429. The normalized spacial score (nSPS) is 12.4. The van der Waals surface area contributed by atoms with Gasteiger partial charge in [-0.25, -0.2) is 15.0 Å². The number of rotatable bonds is 5. The summed E-state index contributed by atoms with van der Waals surface area (Å²) in [6.45, 7) is 4.48. The Hall–Kier alpha value is -1.86. The summed E-state index contributed by atoms with van der Waals surface area (Å²) in [5.41, 5.74) is 0.706. The van der Waals surface area contributed by atoms with Gasteiger partial charge in [0.25, 0.3) is 5.91 Å². The van der Waals surface area contributed by atoms with Crippen molar-refractivity contribution in [1.29, 1.82) is 0 Å². The van der Waals surface area contributed by atoms with E-state index in [1.54, 1.807) is 18.5 Å². The fourth-order valence-electron chi connectivity index (χ4n) is 1.62. The third kappa shape index (κ3) is 3.83. The van der Waals surface area contributed by atoms with Gasteiger partial charge in [-0.05, 0) is 34.0 Å². The van der Waals surface area contributed by atoms with E-state index in [9.17, 15) is 4.79 Å². The number of carbonyl (C=O) groups excluding carboxylic acids is 1. The van der Waals surface area contributed by atoms with Gasteiger partial charge in [0.15, 0.2) is 10.8 Å². The number of nitrogens with one attached hydrogen (secondary N) is 1. The summed E-state index contributed by atoms with van der Waals surface area (Å²) in [5.74, 6) is 0.451. The van der Waals surface area contributed by atoms with Gasteiger partial charge in [-0.15, -0.1) is 11.3 Å². The summed E-state index contributed by atoms with van der Waals surface area (Å²) in [6.07, 6.45) is 3.33. The smallest absolute Gasteiger partial charge is 0.263 e. The molecule has 7 heteroatoms. The van der Waals surface area contributed by atoms with E-state index in [0.29, 0.717) is 27.9 Å². The molecular formula is C14H19N5OS. The summed E-state index contributed by atoms with van der Waals surface area (Å²) < 4.78 is 0. The van der Waals surface area contributed by atoms with E-state index in [0.717, 1.165) is 0 Å². The van der Waals surface area contributed by atoms with Crippen LogP contribution in [-0.4, -0.2) is 52.4 Å². The van der Waals surface area contributed by atoms with Crippen molar-refractivity contribution in [2.45, 2.75) is 19.9 Å². The first-order valence-electron chi connectivity index (χ1n) is 6.68. The van der Waals surface area contributed by atoms with Crippen molar-refractivity contribution < 1.29 is 4.79 Å². The third-order valence-electron chi connectivity index (χ3n) is 3.20. The van der Waals surface area contributed by atoms with Gasteiger partial charge < -0.3 is 10.2 Å². The highest BCUT2D eigenvalue weighted by atomic mass is 32.1. The zero-order chi connectivity index (χ0) is 15.4. The Morgan fingerprint density at radius 3 is 2.67 bits per heavy atom. The summed E-state index contributed by atoms with van der Waals surface area (Å²) in [4.78, 5) is 27.6. The van der Waals surface area contributed by atoms with Crippen molar-refractivity contribution in [3.8, 4) is 10.8 Å². The van der Waals surface area contributed by atoms with Crippen LogP contribution in [0.15, 0.2) is 18.5 Å². The number of likely N-dealkylation sites (N-methyl/N-ethyl adjacent to an activating group) is 1. The predicted octanol–water partition coefficient (Wildman–Crippen LogP) is 1.59. The van der Waals surface area contributed by atoms with Gasteiger partial charge in [0.2, 0.25) is 0 Å². The van der Waals surface area contributed by atoms with Crippen LogP contribution in [0, 0.1) is 6.92 Å². The van der Waals surface area contributed by atoms with E-state index in [1.165, 1.54) is 11.3 Å². The lowest BCUT2D eigenvalue weighted by molar-refractivity contribution is 0.0947. The predicted molar refractivity (Wildman–Crippen MR) is 83.4 cm³/mol. The molecule has 21 heavy (non-hydrogen) atoms. The van der Waals surface area contributed by atoms with Gasteiger partial charge in [-0.1, -0.05) is 0 Å². The molecule has 2 heterocycles. The van der Waals surface area contributed by atoms with E-state index in [1.807, 2.05) is 21.0 Å². The highest BCUT2D eigenvalue weighted by molar-refractivity contribution is 7.17. The lowest BCUT2D eigenvalue weighted by Gasteiger charge is -2.19. The van der Waals surface area contributed by atoms with Crippen molar-refractivity contribution in [2.75, 3.05) is 20.6 Å². The molecule has 2 rings (SSSR count). The average molecular weight is 305 g/mol. The van der Waals surface area contributed by atoms with Crippen LogP contribution >= 0.6 is 11.3 Å². The number of nitrogens with zero attached hydrogens (tertiary/aromatic N) is 4. The molecule has 0 bridgehead atoms. The number of hydrogen-bond acceptors (Lipinski definition) is 6. The molecule has 0 aliphatic carbocycles. The minimum Gasteiger partial charge on any atom is -0.350 e. The third-order valence-corrected chi connectivity index (χ3v) is 4.35. The Labute approximate surface area is 128 Å². The Morgan fingerprint density at radius 1 is 1.38 bits per heavy atom. The van der Waals surface area contributed by atoms with Crippen LogP contribution in [0.3, 0.4) is 0 Å². The van der Waals surface area contributed by atoms with Crippen molar-refractivity contribution in [3.05, 3.63) is 29.0 Å². The second-order valence-corrected chi connectivity index (χ2v) is 6.03. The Kier molecular flexibility index (Phi) is 4.98. The molecular weight excluding hydrogens is 286 g/mol. The van der Waals surface area contributed by atoms with Crippen LogP contribution < -0.4 is 5.32 Å². The molecule has 0 radical (unpaired) electrons. The van der Waals surface area contributed by atoms with Crippen molar-refractivity contribution in [2.24, 2.45) is 0 Å². The first-order valence-corrected chi connectivity index (χ1v) is 7.50. The van der Waals surface area contributed by atoms with E-state index < -0.39 is 0 Å². The topological polar surface area (TPSA) is 71.0 Å². The van der Waals surface area contributed by atoms with Gasteiger partial charge in [0.1, 0.15) is 4.88 Å². The van der Waals surface area contributed by atoms with Crippen molar-refractivity contribution in [1.82, 2.24) is 25.2 Å². The van der Waals surface area contributed by atoms with Gasteiger partial charge in [0, 0.05) is 25.0 Å². The largest absolute Gasteiger partial charge is 0.350 e. The molecule has 0 saturated heterocycles. The van der Waals surface area contributed by atoms with Gasteiger partial charge in [0.05, 0.1) is 5.69 Å². The summed E-state index contributed by atoms with van der Waals surface area (Å²) >= 11 is 1.32. The number of thiazole rings is 1. The SMILES string of the molecule is Cc1nc(-c2ncccn2)sc1C(=O)NCC(C)N(C)C. The molecule has 1 unspecified atom stereocenters. The molecule has 0 saturated carbocycles. The van der Waals surface area contributed by atoms with Crippen LogP contribution in [0.25, 0.3) is 10.8 Å². The molecule has 0 spiro atoms. The van der Waals surface area contributed by atoms with Crippen molar-refractivity contribution in [3.63, 3.8) is 0 Å². The lowest BCUT2D eigenvalue weighted by atomic mass is 10.3. The molecule has 0 aliphatic rings. The maximum atomic E-state index is 12.2. The monoisotopic (exact) mass is 305 g/mol. The van der Waals surface area contributed by atoms with Crippen molar-refractivity contribution >= 4 is 17.2 Å². The lowest BCUT2D eigenvalue weighted by Crippen LogP contribution is -2.38. The molecule has 112 valence electrons. The second kappa shape index (κ2) is 6.73. The fourth-order valence-corrected chi connectivity index (χ4v) is 2.55. The summed E-state index contributed by atoms with van der Waals surface area (Å²) in [5, 5.41) is 3.60.